The number of pyridine rings is 1. The van der Waals surface area contributed by atoms with Crippen molar-refractivity contribution in [2.24, 2.45) is 0 Å². The average Bonchev–Trinajstić information content (AvgIpc) is 3.07. The molecule has 2 aromatic heterocycles. The Morgan fingerprint density at radius 1 is 1.23 bits per heavy atom. The highest BCUT2D eigenvalue weighted by molar-refractivity contribution is 6.30. The maximum absolute atomic E-state index is 12.8. The number of benzene rings is 1. The van der Waals surface area contributed by atoms with Gasteiger partial charge >= 0.3 is 5.95 Å². The third-order valence-electron chi connectivity index (χ3n) is 4.60. The van der Waals surface area contributed by atoms with Crippen LogP contribution < -0.4 is 14.6 Å². The van der Waals surface area contributed by atoms with E-state index in [2.05, 4.69) is 14.7 Å². The summed E-state index contributed by atoms with van der Waals surface area (Å²) in [6.45, 7) is 3.62. The summed E-state index contributed by atoms with van der Waals surface area (Å²) in [5.74, 6) is 0.851. The van der Waals surface area contributed by atoms with Crippen molar-refractivity contribution in [3.8, 4) is 0 Å². The van der Waals surface area contributed by atoms with Crippen LogP contribution in [0.2, 0.25) is 5.02 Å². The Labute approximate surface area is 156 Å². The van der Waals surface area contributed by atoms with Gasteiger partial charge in [0.1, 0.15) is 19.3 Å². The number of nitrogens with zero attached hydrogens (tertiary/aromatic N) is 1. The zero-order valence-corrected chi connectivity index (χ0v) is 15.1. The molecule has 0 radical (unpaired) electrons. The second kappa shape index (κ2) is 7.45. The first-order valence-electron chi connectivity index (χ1n) is 8.70. The van der Waals surface area contributed by atoms with Crippen LogP contribution >= 0.6 is 11.6 Å². The zero-order valence-electron chi connectivity index (χ0n) is 14.3. The summed E-state index contributed by atoms with van der Waals surface area (Å²) in [5, 5.41) is 3.64. The molecule has 1 aromatic carbocycles. The molecular weight excluding hydrogens is 352 g/mol. The fraction of sp³-hybridized carbons (Fsp3) is 0.263. The molecule has 3 N–H and O–H groups in total. The molecule has 134 valence electrons. The first-order valence-corrected chi connectivity index (χ1v) is 9.08. The number of halogens is 1. The maximum Gasteiger partial charge on any atom is 0.457 e. The summed E-state index contributed by atoms with van der Waals surface area (Å²) in [6.07, 6.45) is 1.98. The number of carbonyl (C=O) groups excluding carboxylic acids is 1. The van der Waals surface area contributed by atoms with E-state index < -0.39 is 0 Å². The first-order chi connectivity index (χ1) is 12.7. The van der Waals surface area contributed by atoms with Crippen molar-refractivity contribution in [2.75, 3.05) is 26.3 Å². The van der Waals surface area contributed by atoms with Crippen LogP contribution in [0.3, 0.4) is 0 Å². The Morgan fingerprint density at radius 3 is 2.88 bits per heavy atom. The Balaban J connectivity index is 1.60. The van der Waals surface area contributed by atoms with E-state index in [1.165, 1.54) is 4.90 Å². The van der Waals surface area contributed by atoms with Crippen LogP contribution in [-0.2, 0) is 11.3 Å². The molecule has 0 unspecified atom stereocenters. The minimum Gasteiger partial charge on any atom is -0.370 e. The van der Waals surface area contributed by atoms with Gasteiger partial charge in [0.05, 0.1) is 13.2 Å². The van der Waals surface area contributed by atoms with Crippen molar-refractivity contribution in [1.29, 1.82) is 0 Å². The second-order valence-corrected chi connectivity index (χ2v) is 6.77. The normalized spacial score (nSPS) is 15.3. The van der Waals surface area contributed by atoms with Gasteiger partial charge in [-0.3, -0.25) is 4.79 Å². The highest BCUT2D eigenvalue weighted by Gasteiger charge is 2.32. The number of imidazole rings is 1. The van der Waals surface area contributed by atoms with Gasteiger partial charge in [-0.2, -0.15) is 4.98 Å². The lowest BCUT2D eigenvalue weighted by molar-refractivity contribution is -0.889. The van der Waals surface area contributed by atoms with E-state index >= 15 is 0 Å². The molecule has 3 heterocycles. The van der Waals surface area contributed by atoms with Crippen LogP contribution in [0.4, 0.5) is 5.95 Å². The number of hydrogen-bond donors (Lipinski definition) is 3. The summed E-state index contributed by atoms with van der Waals surface area (Å²) >= 11 is 6.01. The van der Waals surface area contributed by atoms with Crippen molar-refractivity contribution in [3.05, 3.63) is 64.9 Å². The zero-order chi connectivity index (χ0) is 17.9. The van der Waals surface area contributed by atoms with Crippen LogP contribution in [-0.4, -0.2) is 37.2 Å². The Hall–Kier alpha value is -2.41. The summed E-state index contributed by atoms with van der Waals surface area (Å²) in [4.78, 5) is 17.4. The molecule has 0 bridgehead atoms. The van der Waals surface area contributed by atoms with Crippen molar-refractivity contribution in [3.63, 3.8) is 0 Å². The van der Waals surface area contributed by atoms with Crippen molar-refractivity contribution in [2.45, 2.75) is 6.54 Å². The van der Waals surface area contributed by atoms with E-state index in [1.807, 2.05) is 48.7 Å². The van der Waals surface area contributed by atoms with Gasteiger partial charge in [0, 0.05) is 11.6 Å². The number of amides is 1. The van der Waals surface area contributed by atoms with Crippen LogP contribution in [0.15, 0.2) is 48.7 Å². The number of morpholine rings is 1. The van der Waals surface area contributed by atoms with Gasteiger partial charge in [-0.05, 0) is 29.8 Å². The number of aromatic amines is 1. The highest BCUT2D eigenvalue weighted by Crippen LogP contribution is 2.11. The molecule has 0 spiro atoms. The molecule has 6 nitrogen and oxygen atoms in total. The number of carbonyl (C=O) groups is 1. The molecule has 1 aliphatic heterocycles. The Bertz CT molecular complexity index is 934. The fourth-order valence-electron chi connectivity index (χ4n) is 3.29. The number of aromatic nitrogens is 2. The second-order valence-electron chi connectivity index (χ2n) is 6.33. The molecule has 1 saturated heterocycles. The molecule has 0 atom stereocenters. The predicted octanol–water partition coefficient (Wildman–Crippen LogP) is 0.883. The number of ether oxygens (including phenoxy) is 1. The molecule has 1 fully saturated rings. The van der Waals surface area contributed by atoms with Gasteiger partial charge in [0.25, 0.3) is 5.91 Å². The van der Waals surface area contributed by atoms with Crippen molar-refractivity contribution in [1.82, 2.24) is 10.3 Å². The number of H-pyrrole nitrogens is 1. The topological polar surface area (TPSA) is 62.7 Å². The van der Waals surface area contributed by atoms with E-state index in [0.717, 1.165) is 43.3 Å². The number of fused-ring (bicyclic) bond motifs is 1. The Kier molecular flexibility index (Phi) is 4.88. The Morgan fingerprint density at radius 2 is 2.08 bits per heavy atom. The molecule has 3 aromatic rings. The third kappa shape index (κ3) is 3.44. The smallest absolute Gasteiger partial charge is 0.370 e. The fourth-order valence-corrected chi connectivity index (χ4v) is 3.50. The molecule has 1 aliphatic rings. The summed E-state index contributed by atoms with van der Waals surface area (Å²) < 4.78 is 7.50. The standard InChI is InChI=1S/C19H19ClN4O2/c20-15-5-3-4-14(12-15)13-21-18(25)17-16-6-1-2-7-24(16)19(22-17)23-8-10-26-11-9-23/h1-7,12H,8-11,13H2,(H,21,25)/p+2. The highest BCUT2D eigenvalue weighted by atomic mass is 35.5. The minimum absolute atomic E-state index is 0.132. The monoisotopic (exact) mass is 372 g/mol. The van der Waals surface area contributed by atoms with Crippen LogP contribution in [0.1, 0.15) is 16.1 Å². The van der Waals surface area contributed by atoms with Gasteiger partial charge in [0.2, 0.25) is 5.69 Å². The number of rotatable bonds is 4. The van der Waals surface area contributed by atoms with E-state index in [0.29, 0.717) is 17.3 Å². The maximum atomic E-state index is 12.8. The largest absolute Gasteiger partial charge is 0.457 e. The molecule has 26 heavy (non-hydrogen) atoms. The number of nitrogens with one attached hydrogen (secondary N) is 3. The van der Waals surface area contributed by atoms with Gasteiger partial charge in [-0.15, -0.1) is 4.40 Å². The number of hydrogen-bond acceptors (Lipinski definition) is 2. The van der Waals surface area contributed by atoms with Gasteiger partial charge in [-0.1, -0.05) is 29.8 Å². The summed E-state index contributed by atoms with van der Waals surface area (Å²) in [6, 6.07) is 13.4. The lowest BCUT2D eigenvalue weighted by atomic mass is 10.2. The van der Waals surface area contributed by atoms with E-state index in [9.17, 15) is 4.79 Å². The van der Waals surface area contributed by atoms with E-state index in [-0.39, 0.29) is 5.91 Å². The average molecular weight is 373 g/mol. The number of quaternary nitrogens is 1. The molecule has 0 saturated carbocycles. The SMILES string of the molecule is O=C(NCc1cccc(Cl)c1)c1[nH]c([NH+]2CCOCC2)[n+]2ccccc12. The van der Waals surface area contributed by atoms with Crippen LogP contribution in [0.5, 0.6) is 0 Å². The molecule has 1 amide bonds. The van der Waals surface area contributed by atoms with Crippen molar-refractivity contribution >= 4 is 29.0 Å². The quantitative estimate of drug-likeness (QED) is 0.595. The van der Waals surface area contributed by atoms with Crippen LogP contribution in [0.25, 0.3) is 5.52 Å². The lowest BCUT2D eigenvalue weighted by Crippen LogP contribution is -3.11. The third-order valence-corrected chi connectivity index (χ3v) is 4.84. The van der Waals surface area contributed by atoms with Crippen molar-refractivity contribution < 1.29 is 18.8 Å². The summed E-state index contributed by atoms with van der Waals surface area (Å²) in [5.41, 5.74) is 2.40. The lowest BCUT2D eigenvalue weighted by Gasteiger charge is -2.18. The molecule has 7 heteroatoms. The van der Waals surface area contributed by atoms with Gasteiger partial charge in [-0.25, -0.2) is 4.90 Å². The van der Waals surface area contributed by atoms with E-state index in [4.69, 9.17) is 16.3 Å². The first kappa shape index (κ1) is 17.0. The van der Waals surface area contributed by atoms with E-state index in [1.54, 1.807) is 0 Å². The molecule has 0 aliphatic carbocycles. The molecule has 4 rings (SSSR count). The van der Waals surface area contributed by atoms with Gasteiger partial charge < -0.3 is 10.1 Å². The van der Waals surface area contributed by atoms with Crippen LogP contribution in [0, 0.1) is 0 Å². The minimum atomic E-state index is -0.132. The van der Waals surface area contributed by atoms with Gasteiger partial charge in [0.15, 0.2) is 5.52 Å². The predicted molar refractivity (Wildman–Crippen MR) is 97.8 cm³/mol. The summed E-state index contributed by atoms with van der Waals surface area (Å²) in [7, 11) is 0. The molecular formula is C19H21ClN4O2+2.